The molecule has 1 amide bonds. The van der Waals surface area contributed by atoms with Crippen molar-refractivity contribution >= 4 is 16.9 Å². The third-order valence-electron chi connectivity index (χ3n) is 4.84. The van der Waals surface area contributed by atoms with Gasteiger partial charge in [-0.3, -0.25) is 4.79 Å². The molecule has 0 aliphatic heterocycles. The molecule has 1 heterocycles. The topological polar surface area (TPSA) is 78.0 Å². The highest BCUT2D eigenvalue weighted by Gasteiger charge is 2.25. The summed E-state index contributed by atoms with van der Waals surface area (Å²) < 4.78 is 0. The second-order valence-corrected chi connectivity index (χ2v) is 6.56. The molecule has 0 saturated heterocycles. The van der Waals surface area contributed by atoms with E-state index in [1.165, 1.54) is 0 Å². The van der Waals surface area contributed by atoms with Crippen molar-refractivity contribution in [1.82, 2.24) is 15.3 Å². The molecule has 23 heavy (non-hydrogen) atoms. The van der Waals surface area contributed by atoms with Crippen molar-refractivity contribution in [1.29, 1.82) is 0 Å². The Labute approximate surface area is 136 Å². The first-order valence-corrected chi connectivity index (χ1v) is 8.52. The maximum Gasteiger partial charge on any atom is 0.220 e. The van der Waals surface area contributed by atoms with Gasteiger partial charge in [-0.1, -0.05) is 25.0 Å². The van der Waals surface area contributed by atoms with E-state index in [2.05, 4.69) is 15.3 Å². The van der Waals surface area contributed by atoms with E-state index in [9.17, 15) is 9.90 Å². The highest BCUT2D eigenvalue weighted by atomic mass is 16.3. The largest absolute Gasteiger partial charge is 0.396 e. The fourth-order valence-electron chi connectivity index (χ4n) is 3.47. The number of amides is 1. The first-order chi connectivity index (χ1) is 11.2. The van der Waals surface area contributed by atoms with Crippen LogP contribution in [0.1, 0.15) is 43.5 Å². The van der Waals surface area contributed by atoms with Crippen LogP contribution in [0.3, 0.4) is 0 Å². The molecule has 0 radical (unpaired) electrons. The molecular formula is C18H25N3O2. The number of aliphatic hydroxyl groups is 1. The predicted molar refractivity (Wildman–Crippen MR) is 90.1 cm³/mol. The molecule has 0 spiro atoms. The number of hydrogen-bond donors (Lipinski definition) is 3. The zero-order valence-corrected chi connectivity index (χ0v) is 13.6. The molecule has 2 unspecified atom stereocenters. The molecule has 124 valence electrons. The van der Waals surface area contributed by atoms with Gasteiger partial charge >= 0.3 is 0 Å². The summed E-state index contributed by atoms with van der Waals surface area (Å²) in [7, 11) is 0. The van der Waals surface area contributed by atoms with Crippen molar-refractivity contribution in [3.63, 3.8) is 0 Å². The number of aromatic amines is 1. The summed E-state index contributed by atoms with van der Waals surface area (Å²) in [5.41, 5.74) is 3.14. The van der Waals surface area contributed by atoms with E-state index >= 15 is 0 Å². The Morgan fingerprint density at radius 3 is 3.00 bits per heavy atom. The van der Waals surface area contributed by atoms with Gasteiger partial charge in [0, 0.05) is 31.4 Å². The van der Waals surface area contributed by atoms with Gasteiger partial charge in [0.05, 0.1) is 11.0 Å². The number of hydrogen-bond acceptors (Lipinski definition) is 3. The number of aromatic nitrogens is 2. The van der Waals surface area contributed by atoms with Gasteiger partial charge in [0.1, 0.15) is 5.82 Å². The fourth-order valence-corrected chi connectivity index (χ4v) is 3.47. The summed E-state index contributed by atoms with van der Waals surface area (Å²) in [5.74, 6) is 1.11. The number of rotatable bonds is 5. The molecule has 1 aliphatic rings. The Kier molecular flexibility index (Phi) is 4.96. The van der Waals surface area contributed by atoms with Crippen molar-refractivity contribution < 1.29 is 9.90 Å². The van der Waals surface area contributed by atoms with E-state index in [1.54, 1.807) is 0 Å². The standard InChI is InChI=1S/C18H25N3O2/c1-12-5-4-8-15-18(12)21-16(19-15)9-10-17(23)20-14-7-3-2-6-13(14)11-22/h4-5,8,13-14,22H,2-3,6-7,9-11H2,1H3,(H,19,21)(H,20,23). The third-order valence-corrected chi connectivity index (χ3v) is 4.84. The zero-order chi connectivity index (χ0) is 16.2. The minimum Gasteiger partial charge on any atom is -0.396 e. The quantitative estimate of drug-likeness (QED) is 0.793. The van der Waals surface area contributed by atoms with E-state index in [-0.39, 0.29) is 24.5 Å². The number of nitrogens with one attached hydrogen (secondary N) is 2. The molecule has 5 nitrogen and oxygen atoms in total. The van der Waals surface area contributed by atoms with E-state index in [4.69, 9.17) is 0 Å². The molecule has 3 rings (SSSR count). The number of carbonyl (C=O) groups excluding carboxylic acids is 1. The molecule has 2 atom stereocenters. The second kappa shape index (κ2) is 7.13. The van der Waals surface area contributed by atoms with Crippen LogP contribution >= 0.6 is 0 Å². The minimum atomic E-state index is 0.0486. The third kappa shape index (κ3) is 3.72. The molecule has 1 aliphatic carbocycles. The van der Waals surface area contributed by atoms with E-state index in [0.717, 1.165) is 48.1 Å². The maximum absolute atomic E-state index is 12.2. The fraction of sp³-hybridized carbons (Fsp3) is 0.556. The van der Waals surface area contributed by atoms with Gasteiger partial charge in [-0.25, -0.2) is 4.98 Å². The monoisotopic (exact) mass is 315 g/mol. The van der Waals surface area contributed by atoms with Gasteiger partial charge in [-0.05, 0) is 31.4 Å². The molecule has 3 N–H and O–H groups in total. The van der Waals surface area contributed by atoms with Crippen LogP contribution in [0, 0.1) is 12.8 Å². The second-order valence-electron chi connectivity index (χ2n) is 6.56. The van der Waals surface area contributed by atoms with Crippen molar-refractivity contribution in [2.75, 3.05) is 6.61 Å². The van der Waals surface area contributed by atoms with Crippen LogP contribution in [0.4, 0.5) is 0 Å². The number of para-hydroxylation sites is 1. The molecule has 1 aromatic carbocycles. The Morgan fingerprint density at radius 2 is 2.22 bits per heavy atom. The van der Waals surface area contributed by atoms with Crippen molar-refractivity contribution in [3.8, 4) is 0 Å². The average Bonchev–Trinajstić information content (AvgIpc) is 2.98. The Morgan fingerprint density at radius 1 is 1.39 bits per heavy atom. The highest BCUT2D eigenvalue weighted by Crippen LogP contribution is 2.24. The summed E-state index contributed by atoms with van der Waals surface area (Å²) in [5, 5.41) is 12.5. The maximum atomic E-state index is 12.2. The lowest BCUT2D eigenvalue weighted by atomic mass is 9.85. The molecule has 1 saturated carbocycles. The van der Waals surface area contributed by atoms with E-state index < -0.39 is 0 Å². The van der Waals surface area contributed by atoms with Gasteiger partial charge < -0.3 is 15.4 Å². The number of aryl methyl sites for hydroxylation is 2. The predicted octanol–water partition coefficient (Wildman–Crippen LogP) is 2.47. The van der Waals surface area contributed by atoms with E-state index in [0.29, 0.717) is 12.8 Å². The number of carbonyl (C=O) groups is 1. The number of benzene rings is 1. The molecule has 2 aromatic rings. The summed E-state index contributed by atoms with van der Waals surface area (Å²) in [6.45, 7) is 2.20. The number of H-pyrrole nitrogens is 1. The average molecular weight is 315 g/mol. The van der Waals surface area contributed by atoms with Crippen LogP contribution in [-0.4, -0.2) is 33.6 Å². The summed E-state index contributed by atoms with van der Waals surface area (Å²) >= 11 is 0. The van der Waals surface area contributed by atoms with Gasteiger partial charge in [-0.2, -0.15) is 0 Å². The molecule has 1 fully saturated rings. The Balaban J connectivity index is 1.56. The van der Waals surface area contributed by atoms with E-state index in [1.807, 2.05) is 25.1 Å². The lowest BCUT2D eigenvalue weighted by Crippen LogP contribution is -2.43. The van der Waals surface area contributed by atoms with Crippen LogP contribution < -0.4 is 5.32 Å². The first kappa shape index (κ1) is 16.0. The van der Waals surface area contributed by atoms with Crippen LogP contribution in [-0.2, 0) is 11.2 Å². The van der Waals surface area contributed by atoms with Gasteiger partial charge in [0.2, 0.25) is 5.91 Å². The lowest BCUT2D eigenvalue weighted by Gasteiger charge is -2.30. The molecular weight excluding hydrogens is 290 g/mol. The number of aliphatic hydroxyl groups excluding tert-OH is 1. The van der Waals surface area contributed by atoms with Crippen molar-refractivity contribution in [2.45, 2.75) is 51.5 Å². The van der Waals surface area contributed by atoms with Gasteiger partial charge in [-0.15, -0.1) is 0 Å². The lowest BCUT2D eigenvalue weighted by molar-refractivity contribution is -0.122. The van der Waals surface area contributed by atoms with Crippen LogP contribution in [0.15, 0.2) is 18.2 Å². The summed E-state index contributed by atoms with van der Waals surface area (Å²) in [4.78, 5) is 20.1. The minimum absolute atomic E-state index is 0.0486. The first-order valence-electron chi connectivity index (χ1n) is 8.52. The van der Waals surface area contributed by atoms with Crippen LogP contribution in [0.5, 0.6) is 0 Å². The van der Waals surface area contributed by atoms with Crippen LogP contribution in [0.2, 0.25) is 0 Å². The summed E-state index contributed by atoms with van der Waals surface area (Å²) in [6.07, 6.45) is 5.29. The zero-order valence-electron chi connectivity index (χ0n) is 13.6. The Bertz CT molecular complexity index is 680. The molecule has 5 heteroatoms. The Hall–Kier alpha value is -1.88. The highest BCUT2D eigenvalue weighted by molar-refractivity contribution is 5.79. The van der Waals surface area contributed by atoms with Crippen molar-refractivity contribution in [3.05, 3.63) is 29.6 Å². The van der Waals surface area contributed by atoms with Crippen molar-refractivity contribution in [2.24, 2.45) is 5.92 Å². The van der Waals surface area contributed by atoms with Crippen LogP contribution in [0.25, 0.3) is 11.0 Å². The molecule has 0 bridgehead atoms. The number of fused-ring (bicyclic) bond motifs is 1. The van der Waals surface area contributed by atoms with Gasteiger partial charge in [0.15, 0.2) is 0 Å². The smallest absolute Gasteiger partial charge is 0.220 e. The number of nitrogens with zero attached hydrogens (tertiary/aromatic N) is 1. The SMILES string of the molecule is Cc1cccc2[nH]c(CCC(=O)NC3CCCCC3CO)nc12. The van der Waals surface area contributed by atoms with Gasteiger partial charge in [0.25, 0.3) is 0 Å². The summed E-state index contributed by atoms with van der Waals surface area (Å²) in [6, 6.07) is 6.17. The normalized spacial score (nSPS) is 21.5. The molecule has 1 aromatic heterocycles. The number of imidazole rings is 1.